The van der Waals surface area contributed by atoms with Gasteiger partial charge < -0.3 is 19.2 Å². The van der Waals surface area contributed by atoms with Crippen molar-refractivity contribution < 1.29 is 19.1 Å². The van der Waals surface area contributed by atoms with E-state index in [1.54, 1.807) is 12.0 Å². The summed E-state index contributed by atoms with van der Waals surface area (Å²) >= 11 is 0. The standard InChI is InChI=1S/C29H35NO4Si/c1-29(2,3)35(24-11-7-5-8-12-24,25-13-9-6-10-14-25)34-26-19-20-27(31)30(28(26)32)21-22-15-17-23(33-4)18-16-22/h5-18,26,28,32H,19-21H2,1-4H3/t26-,28-/m0/s1. The first kappa shape index (κ1) is 25.2. The molecule has 0 bridgehead atoms. The Morgan fingerprint density at radius 1 is 0.914 bits per heavy atom. The van der Waals surface area contributed by atoms with Gasteiger partial charge in [-0.05, 0) is 39.5 Å². The van der Waals surface area contributed by atoms with Crippen LogP contribution in [-0.2, 0) is 15.8 Å². The quantitative estimate of drug-likeness (QED) is 0.508. The van der Waals surface area contributed by atoms with Gasteiger partial charge in [0.2, 0.25) is 5.91 Å². The number of likely N-dealkylation sites (tertiary alicyclic amines) is 1. The highest BCUT2D eigenvalue weighted by Crippen LogP contribution is 2.39. The predicted octanol–water partition coefficient (Wildman–Crippen LogP) is 4.08. The zero-order valence-electron chi connectivity index (χ0n) is 21.0. The molecule has 6 heteroatoms. The average molecular weight is 490 g/mol. The first-order valence-electron chi connectivity index (χ1n) is 12.2. The van der Waals surface area contributed by atoms with Gasteiger partial charge in [-0.25, -0.2) is 0 Å². The molecule has 2 atom stereocenters. The van der Waals surface area contributed by atoms with Gasteiger partial charge in [0.1, 0.15) is 5.75 Å². The number of aliphatic hydroxyl groups is 1. The van der Waals surface area contributed by atoms with Crippen LogP contribution in [-0.4, -0.2) is 43.7 Å². The Bertz CT molecular complexity index is 1070. The Morgan fingerprint density at radius 3 is 1.94 bits per heavy atom. The summed E-state index contributed by atoms with van der Waals surface area (Å²) in [6.07, 6.45) is -0.683. The van der Waals surface area contributed by atoms with Crippen LogP contribution < -0.4 is 15.1 Å². The highest BCUT2D eigenvalue weighted by atomic mass is 28.4. The molecule has 1 heterocycles. The lowest BCUT2D eigenvalue weighted by molar-refractivity contribution is -0.160. The first-order valence-corrected chi connectivity index (χ1v) is 14.1. The number of carbonyl (C=O) groups excluding carboxylic acids is 1. The molecule has 0 radical (unpaired) electrons. The normalized spacial score (nSPS) is 19.0. The molecule has 1 aliphatic heterocycles. The number of hydrogen-bond donors (Lipinski definition) is 1. The minimum absolute atomic E-state index is 0.0596. The zero-order valence-corrected chi connectivity index (χ0v) is 22.0. The number of methoxy groups -OCH3 is 1. The fourth-order valence-corrected chi connectivity index (χ4v) is 9.76. The summed E-state index contributed by atoms with van der Waals surface area (Å²) in [5, 5.41) is 13.6. The van der Waals surface area contributed by atoms with Gasteiger partial charge in [0, 0.05) is 13.0 Å². The van der Waals surface area contributed by atoms with Gasteiger partial charge in [0.25, 0.3) is 8.32 Å². The lowest BCUT2D eigenvalue weighted by Gasteiger charge is -2.48. The molecule has 4 rings (SSSR count). The molecule has 35 heavy (non-hydrogen) atoms. The van der Waals surface area contributed by atoms with E-state index < -0.39 is 20.6 Å². The number of rotatable bonds is 7. The number of hydrogen-bond acceptors (Lipinski definition) is 4. The van der Waals surface area contributed by atoms with Crippen molar-refractivity contribution in [3.05, 3.63) is 90.5 Å². The first-order chi connectivity index (χ1) is 16.8. The van der Waals surface area contributed by atoms with E-state index in [-0.39, 0.29) is 10.9 Å². The van der Waals surface area contributed by atoms with Gasteiger partial charge in [0.05, 0.1) is 13.2 Å². The van der Waals surface area contributed by atoms with Crippen LogP contribution in [0.2, 0.25) is 5.04 Å². The van der Waals surface area contributed by atoms with Crippen LogP contribution in [0.4, 0.5) is 0 Å². The molecule has 1 aliphatic rings. The third-order valence-electron chi connectivity index (χ3n) is 6.87. The van der Waals surface area contributed by atoms with Crippen LogP contribution in [0.25, 0.3) is 0 Å². The third-order valence-corrected chi connectivity index (χ3v) is 11.9. The Kier molecular flexibility index (Phi) is 7.45. The number of ether oxygens (including phenoxy) is 1. The molecule has 5 nitrogen and oxygen atoms in total. The number of benzene rings is 3. The number of piperidine rings is 1. The highest BCUT2D eigenvalue weighted by molar-refractivity contribution is 6.99. The van der Waals surface area contributed by atoms with E-state index in [1.807, 2.05) is 60.7 Å². The molecule has 3 aromatic rings. The second kappa shape index (κ2) is 10.4. The predicted molar refractivity (Wildman–Crippen MR) is 141 cm³/mol. The minimum Gasteiger partial charge on any atom is -0.497 e. The van der Waals surface area contributed by atoms with Crippen molar-refractivity contribution >= 4 is 24.6 Å². The van der Waals surface area contributed by atoms with Crippen molar-refractivity contribution in [1.29, 1.82) is 0 Å². The van der Waals surface area contributed by atoms with E-state index in [0.717, 1.165) is 21.7 Å². The van der Waals surface area contributed by atoms with Crippen molar-refractivity contribution in [3.63, 3.8) is 0 Å². The fourth-order valence-electron chi connectivity index (χ4n) is 5.05. The molecule has 0 unspecified atom stereocenters. The Balaban J connectivity index is 1.70. The van der Waals surface area contributed by atoms with E-state index in [1.165, 1.54) is 0 Å². The molecule has 184 valence electrons. The molecule has 1 saturated heterocycles. The largest absolute Gasteiger partial charge is 0.497 e. The maximum Gasteiger partial charge on any atom is 0.261 e. The van der Waals surface area contributed by atoms with E-state index in [9.17, 15) is 9.90 Å². The Morgan fingerprint density at radius 2 is 1.46 bits per heavy atom. The van der Waals surface area contributed by atoms with Gasteiger partial charge in [-0.1, -0.05) is 93.6 Å². The van der Waals surface area contributed by atoms with E-state index in [0.29, 0.717) is 19.4 Å². The van der Waals surface area contributed by atoms with Crippen LogP contribution in [0, 0.1) is 0 Å². The second-order valence-corrected chi connectivity index (χ2v) is 14.4. The summed E-state index contributed by atoms with van der Waals surface area (Å²) in [5.41, 5.74) is 0.935. The molecule has 0 spiro atoms. The SMILES string of the molecule is COc1ccc(CN2C(=O)CC[C@H](O[Si](c3ccccc3)(c3ccccc3)C(C)(C)C)[C@@H]2O)cc1. The fraction of sp³-hybridized carbons (Fsp3) is 0.345. The molecular formula is C29H35NO4Si. The lowest BCUT2D eigenvalue weighted by atomic mass is 10.0. The number of aliphatic hydroxyl groups excluding tert-OH is 1. The monoisotopic (exact) mass is 489 g/mol. The molecule has 0 aromatic heterocycles. The summed E-state index contributed by atoms with van der Waals surface area (Å²) < 4.78 is 12.4. The van der Waals surface area contributed by atoms with Crippen molar-refractivity contribution in [2.45, 2.75) is 57.5 Å². The lowest BCUT2D eigenvalue weighted by Crippen LogP contribution is -2.69. The maximum atomic E-state index is 12.9. The molecule has 0 saturated carbocycles. The van der Waals surface area contributed by atoms with E-state index in [2.05, 4.69) is 45.0 Å². The number of nitrogens with zero attached hydrogens (tertiary/aromatic N) is 1. The zero-order chi connectivity index (χ0) is 25.1. The van der Waals surface area contributed by atoms with E-state index >= 15 is 0 Å². The van der Waals surface area contributed by atoms with Crippen LogP contribution >= 0.6 is 0 Å². The molecule has 1 amide bonds. The molecule has 3 aromatic carbocycles. The van der Waals surface area contributed by atoms with Gasteiger partial charge in [-0.15, -0.1) is 0 Å². The minimum atomic E-state index is -2.85. The van der Waals surface area contributed by atoms with Crippen LogP contribution in [0.1, 0.15) is 39.2 Å². The van der Waals surface area contributed by atoms with Gasteiger partial charge in [-0.2, -0.15) is 0 Å². The summed E-state index contributed by atoms with van der Waals surface area (Å²) in [6.45, 7) is 6.97. The molecular weight excluding hydrogens is 454 g/mol. The summed E-state index contributed by atoms with van der Waals surface area (Å²) in [6, 6.07) is 28.4. The Hall–Kier alpha value is -2.93. The highest BCUT2D eigenvalue weighted by Gasteiger charge is 2.53. The maximum absolute atomic E-state index is 12.9. The van der Waals surface area contributed by atoms with Crippen molar-refractivity contribution in [2.24, 2.45) is 0 Å². The summed E-state index contributed by atoms with van der Waals surface area (Å²) in [4.78, 5) is 14.4. The van der Waals surface area contributed by atoms with Crippen LogP contribution in [0.3, 0.4) is 0 Å². The van der Waals surface area contributed by atoms with Gasteiger partial charge in [0.15, 0.2) is 6.23 Å². The topological polar surface area (TPSA) is 59.0 Å². The summed E-state index contributed by atoms with van der Waals surface area (Å²) in [7, 11) is -1.22. The van der Waals surface area contributed by atoms with Crippen LogP contribution in [0.15, 0.2) is 84.9 Å². The Labute approximate surface area is 209 Å². The number of amides is 1. The molecule has 0 aliphatic carbocycles. The molecule has 1 fully saturated rings. The van der Waals surface area contributed by atoms with Crippen molar-refractivity contribution in [3.8, 4) is 5.75 Å². The van der Waals surface area contributed by atoms with Gasteiger partial charge >= 0.3 is 0 Å². The number of carbonyl (C=O) groups is 1. The van der Waals surface area contributed by atoms with E-state index in [4.69, 9.17) is 9.16 Å². The smallest absolute Gasteiger partial charge is 0.261 e. The second-order valence-electron chi connectivity index (χ2n) is 10.1. The summed E-state index contributed by atoms with van der Waals surface area (Å²) in [5.74, 6) is 0.697. The molecule has 1 N–H and O–H groups in total. The van der Waals surface area contributed by atoms with Crippen molar-refractivity contribution in [2.75, 3.05) is 7.11 Å². The third kappa shape index (κ3) is 5.05. The average Bonchev–Trinajstić information content (AvgIpc) is 2.87. The van der Waals surface area contributed by atoms with Crippen molar-refractivity contribution in [1.82, 2.24) is 4.90 Å². The van der Waals surface area contributed by atoms with Crippen LogP contribution in [0.5, 0.6) is 5.75 Å². The van der Waals surface area contributed by atoms with Gasteiger partial charge in [-0.3, -0.25) is 4.79 Å².